The van der Waals surface area contributed by atoms with Crippen LogP contribution in [0.25, 0.3) is 11.0 Å². The van der Waals surface area contributed by atoms with Gasteiger partial charge in [0.1, 0.15) is 11.9 Å². The molecular weight excluding hydrogens is 419 g/mol. The van der Waals surface area contributed by atoms with Crippen LogP contribution in [0.15, 0.2) is 70.5 Å². The van der Waals surface area contributed by atoms with Crippen LogP contribution < -0.4 is 11.0 Å². The molecule has 1 aromatic heterocycles. The summed E-state index contributed by atoms with van der Waals surface area (Å²) < 4.78 is 14.1. The Morgan fingerprint density at radius 2 is 1.77 bits per heavy atom. The minimum absolute atomic E-state index is 0.286. The Hall–Kier alpha value is -3.71. The summed E-state index contributed by atoms with van der Waals surface area (Å²) in [5, 5.41) is 3.40. The van der Waals surface area contributed by atoms with Gasteiger partial charge in [0, 0.05) is 22.6 Å². The first kappa shape index (κ1) is 19.3. The second kappa shape index (κ2) is 7.52. The van der Waals surface area contributed by atoms with Crippen molar-refractivity contribution in [3.05, 3.63) is 98.7 Å². The first-order chi connectivity index (χ1) is 15.0. The quantitative estimate of drug-likeness (QED) is 0.454. The second-order valence-electron chi connectivity index (χ2n) is 7.31. The molecule has 3 aromatic carbocycles. The third kappa shape index (κ3) is 3.64. The zero-order valence-corrected chi connectivity index (χ0v) is 16.8. The maximum atomic E-state index is 14.1. The largest absolute Gasteiger partial charge is 0.324 e. The number of imidazole rings is 1. The highest BCUT2D eigenvalue weighted by molar-refractivity contribution is 6.31. The molecule has 0 fully saturated rings. The summed E-state index contributed by atoms with van der Waals surface area (Å²) in [6, 6.07) is 15.9. The van der Waals surface area contributed by atoms with Crippen LogP contribution in [0.4, 0.5) is 10.1 Å². The number of aromatic amines is 2. The van der Waals surface area contributed by atoms with E-state index in [1.807, 2.05) is 18.2 Å². The number of H-pyrrole nitrogens is 2. The van der Waals surface area contributed by atoms with Crippen LogP contribution >= 0.6 is 11.6 Å². The molecular formula is C23H16ClFN4O2. The molecule has 0 spiro atoms. The lowest BCUT2D eigenvalue weighted by atomic mass is 9.99. The van der Waals surface area contributed by atoms with Gasteiger partial charge in [-0.15, -0.1) is 0 Å². The van der Waals surface area contributed by atoms with Gasteiger partial charge in [-0.1, -0.05) is 35.9 Å². The van der Waals surface area contributed by atoms with E-state index in [4.69, 9.17) is 16.6 Å². The van der Waals surface area contributed by atoms with E-state index in [-0.39, 0.29) is 18.0 Å². The van der Waals surface area contributed by atoms with Crippen molar-refractivity contribution in [1.82, 2.24) is 9.97 Å². The number of fused-ring (bicyclic) bond motifs is 2. The fraction of sp³-hybridized carbons (Fsp3) is 0.0870. The van der Waals surface area contributed by atoms with Crippen molar-refractivity contribution in [1.29, 1.82) is 0 Å². The lowest BCUT2D eigenvalue weighted by Crippen LogP contribution is -2.27. The molecule has 154 valence electrons. The maximum absolute atomic E-state index is 14.1. The monoisotopic (exact) mass is 434 g/mol. The average molecular weight is 435 g/mol. The summed E-state index contributed by atoms with van der Waals surface area (Å²) in [4.78, 5) is 34.8. The van der Waals surface area contributed by atoms with Gasteiger partial charge >= 0.3 is 5.69 Å². The van der Waals surface area contributed by atoms with Gasteiger partial charge < -0.3 is 15.3 Å². The summed E-state index contributed by atoms with van der Waals surface area (Å²) in [7, 11) is 0. The van der Waals surface area contributed by atoms with Gasteiger partial charge in [-0.25, -0.2) is 9.18 Å². The Bertz CT molecular complexity index is 1420. The minimum atomic E-state index is -0.772. The zero-order valence-electron chi connectivity index (χ0n) is 16.1. The number of rotatable bonds is 3. The summed E-state index contributed by atoms with van der Waals surface area (Å²) in [5.41, 5.74) is 3.73. The first-order valence-electron chi connectivity index (χ1n) is 9.62. The molecule has 1 aliphatic heterocycles. The molecule has 6 nitrogen and oxygen atoms in total. The van der Waals surface area contributed by atoms with Crippen molar-refractivity contribution in [2.45, 2.75) is 12.5 Å². The molecule has 0 bridgehead atoms. The summed E-state index contributed by atoms with van der Waals surface area (Å²) >= 11 is 6.30. The minimum Gasteiger partial charge on any atom is -0.324 e. The van der Waals surface area contributed by atoms with Gasteiger partial charge in [-0.3, -0.25) is 9.79 Å². The predicted molar refractivity (Wildman–Crippen MR) is 119 cm³/mol. The molecule has 4 aromatic rings. The SMILES string of the molecule is O=C1Nc2ccc(F)cc2C(c2ccc3[nH]c(=O)[nH]c3c2)=NC1Cc1ccccc1Cl. The smallest absolute Gasteiger partial charge is 0.323 e. The molecule has 8 heteroatoms. The molecule has 1 unspecified atom stereocenters. The highest BCUT2D eigenvalue weighted by Gasteiger charge is 2.27. The van der Waals surface area contributed by atoms with E-state index in [9.17, 15) is 14.0 Å². The van der Waals surface area contributed by atoms with Crippen molar-refractivity contribution in [2.75, 3.05) is 5.32 Å². The van der Waals surface area contributed by atoms with Crippen molar-refractivity contribution >= 4 is 39.9 Å². The molecule has 0 saturated heterocycles. The van der Waals surface area contributed by atoms with Crippen LogP contribution in [0, 0.1) is 5.82 Å². The number of benzodiazepines with no additional fused rings is 1. The van der Waals surface area contributed by atoms with Crippen molar-refractivity contribution < 1.29 is 9.18 Å². The fourth-order valence-electron chi connectivity index (χ4n) is 3.74. The van der Waals surface area contributed by atoms with Gasteiger partial charge in [-0.05, 0) is 42.0 Å². The van der Waals surface area contributed by atoms with E-state index in [1.165, 1.54) is 18.2 Å². The summed E-state index contributed by atoms with van der Waals surface area (Å²) in [5.74, 6) is -0.750. The van der Waals surface area contributed by atoms with Crippen LogP contribution in [0.5, 0.6) is 0 Å². The maximum Gasteiger partial charge on any atom is 0.323 e. The highest BCUT2D eigenvalue weighted by atomic mass is 35.5. The number of anilines is 1. The lowest BCUT2D eigenvalue weighted by molar-refractivity contribution is -0.117. The van der Waals surface area contributed by atoms with Gasteiger partial charge in [0.05, 0.1) is 22.4 Å². The van der Waals surface area contributed by atoms with Gasteiger partial charge in [-0.2, -0.15) is 0 Å². The Kier molecular flexibility index (Phi) is 4.67. The molecule has 1 atom stereocenters. The normalized spacial score (nSPS) is 15.9. The topological polar surface area (TPSA) is 90.1 Å². The number of benzene rings is 3. The number of hydrogen-bond acceptors (Lipinski definition) is 3. The summed E-state index contributed by atoms with van der Waals surface area (Å²) in [6.45, 7) is 0. The van der Waals surface area contributed by atoms with Gasteiger partial charge in [0.25, 0.3) is 0 Å². The number of carbonyl (C=O) groups is 1. The third-order valence-electron chi connectivity index (χ3n) is 5.24. The number of aromatic nitrogens is 2. The number of halogens is 2. The number of amides is 1. The van der Waals surface area contributed by atoms with Crippen LogP contribution in [0.3, 0.4) is 0 Å². The van der Waals surface area contributed by atoms with Crippen LogP contribution in [0.1, 0.15) is 16.7 Å². The lowest BCUT2D eigenvalue weighted by Gasteiger charge is -2.12. The van der Waals surface area contributed by atoms with Crippen LogP contribution in [0.2, 0.25) is 5.02 Å². The van der Waals surface area contributed by atoms with Crippen molar-refractivity contribution in [2.24, 2.45) is 4.99 Å². The van der Waals surface area contributed by atoms with Crippen molar-refractivity contribution in [3.63, 3.8) is 0 Å². The van der Waals surface area contributed by atoms with E-state index in [0.29, 0.717) is 38.6 Å². The number of nitrogens with zero attached hydrogens (tertiary/aromatic N) is 1. The molecule has 0 aliphatic carbocycles. The number of aliphatic imine (C=N–C) groups is 1. The Labute approximate surface area is 180 Å². The van der Waals surface area contributed by atoms with E-state index in [0.717, 1.165) is 5.56 Å². The molecule has 1 amide bonds. The first-order valence-corrected chi connectivity index (χ1v) is 10.00. The third-order valence-corrected chi connectivity index (χ3v) is 5.61. The fourth-order valence-corrected chi connectivity index (χ4v) is 3.95. The Morgan fingerprint density at radius 3 is 2.61 bits per heavy atom. The van der Waals surface area contributed by atoms with E-state index in [1.54, 1.807) is 24.3 Å². The van der Waals surface area contributed by atoms with Crippen LogP contribution in [-0.2, 0) is 11.2 Å². The second-order valence-corrected chi connectivity index (χ2v) is 7.71. The Balaban J connectivity index is 1.67. The number of nitrogens with one attached hydrogen (secondary N) is 3. The van der Waals surface area contributed by atoms with E-state index < -0.39 is 11.9 Å². The van der Waals surface area contributed by atoms with Crippen LogP contribution in [-0.4, -0.2) is 27.6 Å². The van der Waals surface area contributed by atoms with Gasteiger partial charge in [0.15, 0.2) is 0 Å². The molecule has 3 N–H and O–H groups in total. The molecule has 1 aliphatic rings. The number of hydrogen-bond donors (Lipinski definition) is 3. The van der Waals surface area contributed by atoms with Gasteiger partial charge in [0.2, 0.25) is 5.91 Å². The molecule has 0 saturated carbocycles. The molecule has 2 heterocycles. The highest BCUT2D eigenvalue weighted by Crippen LogP contribution is 2.28. The molecule has 31 heavy (non-hydrogen) atoms. The standard InChI is InChI=1S/C23H16ClFN4O2/c24-16-4-2-1-3-12(16)9-20-22(30)27-17-8-6-14(25)11-15(17)21(26-20)13-5-7-18-19(10-13)29-23(31)28-18/h1-8,10-11,20H,9H2,(H,27,30)(H2,28,29,31). The molecule has 0 radical (unpaired) electrons. The predicted octanol–water partition coefficient (Wildman–Crippen LogP) is 4.05. The Morgan fingerprint density at radius 1 is 0.968 bits per heavy atom. The molecule has 5 rings (SSSR count). The summed E-state index contributed by atoms with van der Waals surface area (Å²) in [6.07, 6.45) is 0.286. The number of carbonyl (C=O) groups excluding carboxylic acids is 1. The van der Waals surface area contributed by atoms with E-state index in [2.05, 4.69) is 15.3 Å². The van der Waals surface area contributed by atoms with Crippen molar-refractivity contribution in [3.8, 4) is 0 Å². The zero-order chi connectivity index (χ0) is 21.5. The average Bonchev–Trinajstić information content (AvgIpc) is 3.06. The van der Waals surface area contributed by atoms with E-state index >= 15 is 0 Å².